The highest BCUT2D eigenvalue weighted by molar-refractivity contribution is 6.09. The molecule has 1 fully saturated rings. The number of hydrazone groups is 1. The van der Waals surface area contributed by atoms with Gasteiger partial charge in [0.15, 0.2) is 5.78 Å². The van der Waals surface area contributed by atoms with Crippen LogP contribution in [-0.2, 0) is 16.0 Å². The highest BCUT2D eigenvalue weighted by atomic mass is 16.5. The van der Waals surface area contributed by atoms with E-state index in [1.165, 1.54) is 0 Å². The second kappa shape index (κ2) is 12.3. The molecule has 1 heterocycles. The van der Waals surface area contributed by atoms with Crippen molar-refractivity contribution >= 4 is 18.0 Å². The van der Waals surface area contributed by atoms with Crippen molar-refractivity contribution in [2.75, 3.05) is 39.8 Å². The molecule has 2 atom stereocenters. The third-order valence-electron chi connectivity index (χ3n) is 7.27. The van der Waals surface area contributed by atoms with E-state index in [1.807, 2.05) is 48.7 Å². The zero-order chi connectivity index (χ0) is 25.5. The summed E-state index contributed by atoms with van der Waals surface area (Å²) in [5.41, 5.74) is 10.9. The van der Waals surface area contributed by atoms with Crippen LogP contribution in [0.15, 0.2) is 47.6 Å². The molecular weight excluding hydrogens is 452 g/mol. The number of benzene rings is 2. The number of hydrogen-bond acceptors (Lipinski definition) is 7. The first-order chi connectivity index (χ1) is 17.4. The Hall–Kier alpha value is -3.03. The fraction of sp³-hybridized carbons (Fsp3) is 0.483. The molecule has 1 aliphatic carbocycles. The molecule has 0 saturated carbocycles. The van der Waals surface area contributed by atoms with E-state index in [0.717, 1.165) is 68.6 Å². The van der Waals surface area contributed by atoms with Crippen molar-refractivity contribution in [3.63, 3.8) is 0 Å². The third kappa shape index (κ3) is 6.59. The Morgan fingerprint density at radius 3 is 2.53 bits per heavy atom. The van der Waals surface area contributed by atoms with Gasteiger partial charge < -0.3 is 15.4 Å². The highest BCUT2D eigenvalue weighted by Crippen LogP contribution is 2.35. The summed E-state index contributed by atoms with van der Waals surface area (Å²) in [4.78, 5) is 27.6. The first kappa shape index (κ1) is 26.0. The van der Waals surface area contributed by atoms with Crippen LogP contribution in [0, 0.1) is 5.92 Å². The summed E-state index contributed by atoms with van der Waals surface area (Å²) in [5.74, 6) is -0.111. The monoisotopic (exact) mass is 490 g/mol. The number of fused-ring (bicyclic) bond motifs is 1. The van der Waals surface area contributed by atoms with Crippen LogP contribution < -0.4 is 5.73 Å². The third-order valence-corrected chi connectivity index (χ3v) is 7.27. The van der Waals surface area contributed by atoms with Gasteiger partial charge in [0.05, 0.1) is 19.2 Å². The molecule has 1 aliphatic heterocycles. The first-order valence-electron chi connectivity index (χ1n) is 13.1. The van der Waals surface area contributed by atoms with E-state index < -0.39 is 0 Å². The number of nitrogens with two attached hydrogens (primary N) is 1. The quantitative estimate of drug-likeness (QED) is 0.249. The maximum atomic E-state index is 13.2. The van der Waals surface area contributed by atoms with Crippen LogP contribution in [-0.4, -0.2) is 67.7 Å². The van der Waals surface area contributed by atoms with Crippen LogP contribution in [0.2, 0.25) is 0 Å². The van der Waals surface area contributed by atoms with Gasteiger partial charge in [0.25, 0.3) is 0 Å². The molecule has 0 bridgehead atoms. The molecule has 7 heteroatoms. The zero-order valence-electron chi connectivity index (χ0n) is 21.5. The predicted octanol–water partition coefficient (Wildman–Crippen LogP) is 3.79. The topological polar surface area (TPSA) is 88.2 Å². The number of nitrogens with zero attached hydrogens (tertiary/aromatic N) is 3. The lowest BCUT2D eigenvalue weighted by Crippen LogP contribution is -2.41. The summed E-state index contributed by atoms with van der Waals surface area (Å²) in [6.07, 6.45) is 5.70. The minimum Gasteiger partial charge on any atom is -0.466 e. The fourth-order valence-electron chi connectivity index (χ4n) is 4.84. The van der Waals surface area contributed by atoms with E-state index in [1.54, 1.807) is 0 Å². The lowest BCUT2D eigenvalue weighted by atomic mass is 9.78. The average Bonchev–Trinajstić information content (AvgIpc) is 2.90. The number of piperazine rings is 1. The van der Waals surface area contributed by atoms with Crippen LogP contribution in [0.25, 0.3) is 0 Å². The van der Waals surface area contributed by atoms with Gasteiger partial charge in [0.2, 0.25) is 0 Å². The highest BCUT2D eigenvalue weighted by Gasteiger charge is 2.29. The number of rotatable bonds is 9. The van der Waals surface area contributed by atoms with Gasteiger partial charge in [0, 0.05) is 43.3 Å². The standard InChI is InChI=1S/C29H38N4O3/c1-3-4-17-36-27(34)19-24-10-9-23-18-25(11-12-26(23)28(24)30)29(35)22-7-5-21(6-8-22)20-31-33-15-13-32(2)14-16-33/h5-8,11-12,18,20,24,28H,3-4,9-10,13-17,19,30H2,1-2H3. The lowest BCUT2D eigenvalue weighted by Gasteiger charge is -2.30. The summed E-state index contributed by atoms with van der Waals surface area (Å²) in [7, 11) is 2.12. The number of aryl methyl sites for hydroxylation is 1. The van der Waals surface area contributed by atoms with Gasteiger partial charge in [-0.2, -0.15) is 5.10 Å². The molecule has 0 amide bonds. The number of hydrogen-bond donors (Lipinski definition) is 1. The Balaban J connectivity index is 1.36. The van der Waals surface area contributed by atoms with Gasteiger partial charge in [-0.15, -0.1) is 0 Å². The number of carbonyl (C=O) groups is 2. The van der Waals surface area contributed by atoms with Crippen molar-refractivity contribution in [2.24, 2.45) is 16.8 Å². The van der Waals surface area contributed by atoms with E-state index in [0.29, 0.717) is 24.2 Å². The van der Waals surface area contributed by atoms with E-state index in [9.17, 15) is 9.59 Å². The van der Waals surface area contributed by atoms with Gasteiger partial charge in [-0.05, 0) is 55.0 Å². The molecule has 2 aliphatic rings. The molecule has 0 radical (unpaired) electrons. The Kier molecular flexibility index (Phi) is 8.88. The molecule has 7 nitrogen and oxygen atoms in total. The number of esters is 1. The summed E-state index contributed by atoms with van der Waals surface area (Å²) >= 11 is 0. The second-order valence-corrected chi connectivity index (χ2v) is 9.97. The summed E-state index contributed by atoms with van der Waals surface area (Å²) < 4.78 is 5.33. The first-order valence-corrected chi connectivity index (χ1v) is 13.1. The molecule has 192 valence electrons. The van der Waals surface area contributed by atoms with Crippen LogP contribution in [0.3, 0.4) is 0 Å². The number of ether oxygens (including phenoxy) is 1. The molecule has 2 aromatic rings. The second-order valence-electron chi connectivity index (χ2n) is 9.97. The molecule has 2 N–H and O–H groups in total. The van der Waals surface area contributed by atoms with Gasteiger partial charge in [0.1, 0.15) is 0 Å². The number of likely N-dealkylation sites (N-methyl/N-ethyl adjacent to an activating group) is 1. The lowest BCUT2D eigenvalue weighted by molar-refractivity contribution is -0.145. The summed E-state index contributed by atoms with van der Waals surface area (Å²) in [5, 5.41) is 6.65. The number of unbranched alkanes of at least 4 members (excludes halogenated alkanes) is 1. The van der Waals surface area contributed by atoms with E-state index in [-0.39, 0.29) is 23.7 Å². The Labute approximate surface area is 214 Å². The Morgan fingerprint density at radius 2 is 1.81 bits per heavy atom. The molecule has 2 unspecified atom stereocenters. The molecule has 1 saturated heterocycles. The molecule has 0 aromatic heterocycles. The van der Waals surface area contributed by atoms with Gasteiger partial charge in [-0.1, -0.05) is 49.7 Å². The Bertz CT molecular complexity index is 1070. The minimum absolute atomic E-state index is 0.00412. The number of ketones is 1. The maximum Gasteiger partial charge on any atom is 0.306 e. The van der Waals surface area contributed by atoms with Gasteiger partial charge >= 0.3 is 5.97 Å². The van der Waals surface area contributed by atoms with Crippen molar-refractivity contribution in [1.82, 2.24) is 9.91 Å². The predicted molar refractivity (Wildman–Crippen MR) is 142 cm³/mol. The molecule has 36 heavy (non-hydrogen) atoms. The largest absolute Gasteiger partial charge is 0.466 e. The van der Waals surface area contributed by atoms with E-state index in [4.69, 9.17) is 10.5 Å². The SMILES string of the molecule is CCCCOC(=O)CC1CCc2cc(C(=O)c3ccc(C=NN4CCN(C)CC4)cc3)ccc2C1N. The molecule has 4 rings (SSSR count). The van der Waals surface area contributed by atoms with Crippen molar-refractivity contribution in [3.8, 4) is 0 Å². The van der Waals surface area contributed by atoms with Crippen molar-refractivity contribution in [2.45, 2.75) is 45.1 Å². The smallest absolute Gasteiger partial charge is 0.306 e. The van der Waals surface area contributed by atoms with Crippen LogP contribution in [0.5, 0.6) is 0 Å². The van der Waals surface area contributed by atoms with Crippen LogP contribution in [0.4, 0.5) is 0 Å². The van der Waals surface area contributed by atoms with Crippen molar-refractivity contribution < 1.29 is 14.3 Å². The summed E-state index contributed by atoms with van der Waals surface area (Å²) in [6.45, 7) is 6.43. The maximum absolute atomic E-state index is 13.2. The molecule has 2 aromatic carbocycles. The molecular formula is C29H38N4O3. The zero-order valence-corrected chi connectivity index (χ0v) is 21.5. The number of carbonyl (C=O) groups excluding carboxylic acids is 2. The van der Waals surface area contributed by atoms with E-state index in [2.05, 4.69) is 29.0 Å². The normalized spacial score (nSPS) is 20.4. The van der Waals surface area contributed by atoms with Crippen molar-refractivity contribution in [1.29, 1.82) is 0 Å². The molecule has 0 spiro atoms. The van der Waals surface area contributed by atoms with E-state index >= 15 is 0 Å². The van der Waals surface area contributed by atoms with Crippen molar-refractivity contribution in [3.05, 3.63) is 70.3 Å². The minimum atomic E-state index is -0.226. The fourth-order valence-corrected chi connectivity index (χ4v) is 4.84. The van der Waals surface area contributed by atoms with Crippen LogP contribution in [0.1, 0.15) is 71.3 Å². The average molecular weight is 491 g/mol. The van der Waals surface area contributed by atoms with Gasteiger partial charge in [-0.25, -0.2) is 0 Å². The van der Waals surface area contributed by atoms with Gasteiger partial charge in [-0.3, -0.25) is 14.6 Å². The summed E-state index contributed by atoms with van der Waals surface area (Å²) in [6, 6.07) is 13.1. The Morgan fingerprint density at radius 1 is 1.08 bits per heavy atom. The van der Waals surface area contributed by atoms with Crippen LogP contribution >= 0.6 is 0 Å².